The molecule has 112 valence electrons. The number of benzene rings is 1. The SMILES string of the molecule is CC(C)c1ccc(CC2(CN)CCC(C)(C)C2O)cc1. The first kappa shape index (κ1) is 15.5. The molecule has 0 radical (unpaired) electrons. The van der Waals surface area contributed by atoms with Gasteiger partial charge in [-0.15, -0.1) is 0 Å². The monoisotopic (exact) mass is 275 g/mol. The van der Waals surface area contributed by atoms with E-state index in [4.69, 9.17) is 5.73 Å². The van der Waals surface area contributed by atoms with Gasteiger partial charge >= 0.3 is 0 Å². The smallest absolute Gasteiger partial charge is 0.0662 e. The van der Waals surface area contributed by atoms with Gasteiger partial charge in [-0.05, 0) is 41.7 Å². The molecule has 0 heterocycles. The van der Waals surface area contributed by atoms with Gasteiger partial charge in [0.1, 0.15) is 0 Å². The Labute approximate surface area is 123 Å². The topological polar surface area (TPSA) is 46.2 Å². The Kier molecular flexibility index (Phi) is 4.27. The van der Waals surface area contributed by atoms with Gasteiger partial charge in [0.2, 0.25) is 0 Å². The summed E-state index contributed by atoms with van der Waals surface area (Å²) in [5, 5.41) is 10.7. The van der Waals surface area contributed by atoms with Crippen LogP contribution in [0.1, 0.15) is 57.6 Å². The van der Waals surface area contributed by atoms with Crippen LogP contribution < -0.4 is 5.73 Å². The van der Waals surface area contributed by atoms with Crippen molar-refractivity contribution in [1.29, 1.82) is 0 Å². The third kappa shape index (κ3) is 2.77. The Balaban J connectivity index is 2.19. The number of aliphatic hydroxyl groups excluding tert-OH is 1. The van der Waals surface area contributed by atoms with Crippen LogP contribution in [0.5, 0.6) is 0 Å². The van der Waals surface area contributed by atoms with Crippen LogP contribution >= 0.6 is 0 Å². The Morgan fingerprint density at radius 1 is 1.20 bits per heavy atom. The summed E-state index contributed by atoms with van der Waals surface area (Å²) in [4.78, 5) is 0. The second-order valence-corrected chi connectivity index (χ2v) is 7.53. The number of hydrogen-bond acceptors (Lipinski definition) is 2. The molecule has 2 atom stereocenters. The van der Waals surface area contributed by atoms with Crippen LogP contribution in [0.2, 0.25) is 0 Å². The third-order valence-electron chi connectivity index (χ3n) is 5.20. The summed E-state index contributed by atoms with van der Waals surface area (Å²) in [5.74, 6) is 0.559. The summed E-state index contributed by atoms with van der Waals surface area (Å²) in [5.41, 5.74) is 8.53. The van der Waals surface area contributed by atoms with E-state index in [0.717, 1.165) is 19.3 Å². The van der Waals surface area contributed by atoms with Crippen molar-refractivity contribution in [1.82, 2.24) is 0 Å². The van der Waals surface area contributed by atoms with E-state index in [2.05, 4.69) is 52.0 Å². The summed E-state index contributed by atoms with van der Waals surface area (Å²) >= 11 is 0. The summed E-state index contributed by atoms with van der Waals surface area (Å²) in [6, 6.07) is 8.81. The van der Waals surface area contributed by atoms with Crippen LogP contribution in [0, 0.1) is 10.8 Å². The van der Waals surface area contributed by atoms with Gasteiger partial charge in [0.15, 0.2) is 0 Å². The molecule has 0 saturated heterocycles. The standard InChI is InChI=1S/C18H29NO/c1-13(2)15-7-5-14(6-8-15)11-18(12-19)10-9-17(3,4)16(18)20/h5-8,13,16,20H,9-12,19H2,1-4H3. The molecular weight excluding hydrogens is 246 g/mol. The summed E-state index contributed by atoms with van der Waals surface area (Å²) in [7, 11) is 0. The van der Waals surface area contributed by atoms with E-state index < -0.39 is 0 Å². The lowest BCUT2D eigenvalue weighted by atomic mass is 9.74. The van der Waals surface area contributed by atoms with Gasteiger partial charge in [-0.1, -0.05) is 52.0 Å². The number of rotatable bonds is 4. The van der Waals surface area contributed by atoms with E-state index in [-0.39, 0.29) is 16.9 Å². The minimum Gasteiger partial charge on any atom is -0.392 e. The largest absolute Gasteiger partial charge is 0.392 e. The van der Waals surface area contributed by atoms with Crippen molar-refractivity contribution in [3.63, 3.8) is 0 Å². The molecule has 0 aliphatic heterocycles. The molecular formula is C18H29NO. The normalized spacial score (nSPS) is 29.1. The van der Waals surface area contributed by atoms with E-state index in [1.807, 2.05) is 0 Å². The van der Waals surface area contributed by atoms with Gasteiger partial charge in [-0.2, -0.15) is 0 Å². The Morgan fingerprint density at radius 2 is 1.80 bits per heavy atom. The first-order valence-electron chi connectivity index (χ1n) is 7.78. The lowest BCUT2D eigenvalue weighted by Crippen LogP contribution is -2.44. The van der Waals surface area contributed by atoms with Crippen molar-refractivity contribution in [3.8, 4) is 0 Å². The molecule has 0 aromatic heterocycles. The highest BCUT2D eigenvalue weighted by atomic mass is 16.3. The maximum atomic E-state index is 10.7. The van der Waals surface area contributed by atoms with Gasteiger partial charge in [0.05, 0.1) is 6.10 Å². The molecule has 0 bridgehead atoms. The molecule has 1 fully saturated rings. The van der Waals surface area contributed by atoms with Crippen LogP contribution in [-0.4, -0.2) is 17.8 Å². The van der Waals surface area contributed by atoms with E-state index in [1.165, 1.54) is 11.1 Å². The van der Waals surface area contributed by atoms with Crippen molar-refractivity contribution >= 4 is 0 Å². The van der Waals surface area contributed by atoms with Crippen molar-refractivity contribution in [2.24, 2.45) is 16.6 Å². The van der Waals surface area contributed by atoms with Crippen LogP contribution in [0.3, 0.4) is 0 Å². The Bertz CT molecular complexity index is 449. The minimum atomic E-state index is -0.315. The molecule has 1 aliphatic rings. The highest BCUT2D eigenvalue weighted by molar-refractivity contribution is 5.26. The molecule has 2 nitrogen and oxygen atoms in total. The van der Waals surface area contributed by atoms with Gasteiger partial charge in [0.25, 0.3) is 0 Å². The summed E-state index contributed by atoms with van der Waals surface area (Å²) < 4.78 is 0. The Hall–Kier alpha value is -0.860. The van der Waals surface area contributed by atoms with Gasteiger partial charge in [0, 0.05) is 12.0 Å². The Morgan fingerprint density at radius 3 is 2.20 bits per heavy atom. The first-order valence-corrected chi connectivity index (χ1v) is 7.78. The second-order valence-electron chi connectivity index (χ2n) is 7.53. The maximum absolute atomic E-state index is 10.7. The molecule has 2 rings (SSSR count). The molecule has 2 heteroatoms. The average molecular weight is 275 g/mol. The highest BCUT2D eigenvalue weighted by Crippen LogP contribution is 2.50. The highest BCUT2D eigenvalue weighted by Gasteiger charge is 2.50. The maximum Gasteiger partial charge on any atom is 0.0662 e. The number of hydrogen-bond donors (Lipinski definition) is 2. The fraction of sp³-hybridized carbons (Fsp3) is 0.667. The first-order chi connectivity index (χ1) is 9.31. The van der Waals surface area contributed by atoms with Gasteiger partial charge < -0.3 is 10.8 Å². The molecule has 1 saturated carbocycles. The average Bonchev–Trinajstić information content (AvgIpc) is 2.64. The molecule has 1 aromatic carbocycles. The van der Waals surface area contributed by atoms with E-state index in [9.17, 15) is 5.11 Å². The zero-order valence-electron chi connectivity index (χ0n) is 13.3. The summed E-state index contributed by atoms with van der Waals surface area (Å²) in [6.07, 6.45) is 2.63. The van der Waals surface area contributed by atoms with Crippen molar-refractivity contribution < 1.29 is 5.11 Å². The molecule has 20 heavy (non-hydrogen) atoms. The van der Waals surface area contributed by atoms with Crippen LogP contribution in [0.4, 0.5) is 0 Å². The van der Waals surface area contributed by atoms with Gasteiger partial charge in [-0.25, -0.2) is 0 Å². The summed E-state index contributed by atoms with van der Waals surface area (Å²) in [6.45, 7) is 9.27. The number of aliphatic hydroxyl groups is 1. The second kappa shape index (κ2) is 5.50. The zero-order valence-corrected chi connectivity index (χ0v) is 13.3. The fourth-order valence-corrected chi connectivity index (χ4v) is 3.57. The third-order valence-corrected chi connectivity index (χ3v) is 5.20. The van der Waals surface area contributed by atoms with E-state index in [0.29, 0.717) is 12.5 Å². The van der Waals surface area contributed by atoms with Crippen molar-refractivity contribution in [2.75, 3.05) is 6.54 Å². The predicted molar refractivity (Wildman–Crippen MR) is 84.7 cm³/mol. The van der Waals surface area contributed by atoms with Crippen LogP contribution in [0.25, 0.3) is 0 Å². The van der Waals surface area contributed by atoms with E-state index >= 15 is 0 Å². The lowest BCUT2D eigenvalue weighted by molar-refractivity contribution is -0.00464. The van der Waals surface area contributed by atoms with Crippen LogP contribution in [0.15, 0.2) is 24.3 Å². The molecule has 0 amide bonds. The van der Waals surface area contributed by atoms with E-state index in [1.54, 1.807) is 0 Å². The minimum absolute atomic E-state index is 0.0166. The molecule has 2 unspecified atom stereocenters. The fourth-order valence-electron chi connectivity index (χ4n) is 3.57. The zero-order chi connectivity index (χ0) is 15.0. The molecule has 0 spiro atoms. The molecule has 1 aliphatic carbocycles. The van der Waals surface area contributed by atoms with Crippen molar-refractivity contribution in [3.05, 3.63) is 35.4 Å². The van der Waals surface area contributed by atoms with Crippen molar-refractivity contribution in [2.45, 2.75) is 59.0 Å². The lowest BCUT2D eigenvalue weighted by Gasteiger charge is -2.36. The quantitative estimate of drug-likeness (QED) is 0.883. The molecule has 3 N–H and O–H groups in total. The van der Waals surface area contributed by atoms with Crippen LogP contribution in [-0.2, 0) is 6.42 Å². The predicted octanol–water partition coefficient (Wildman–Crippen LogP) is 3.48. The number of nitrogens with two attached hydrogens (primary N) is 1. The van der Waals surface area contributed by atoms with Gasteiger partial charge in [-0.3, -0.25) is 0 Å². The molecule has 1 aromatic rings.